The Morgan fingerprint density at radius 1 is 0.964 bits per heavy atom. The second-order valence-corrected chi connectivity index (χ2v) is 6.05. The summed E-state index contributed by atoms with van der Waals surface area (Å²) in [5, 5.41) is 8.93. The number of carboxylic acid groups (broad SMARTS) is 1. The van der Waals surface area contributed by atoms with Crippen LogP contribution in [0.3, 0.4) is 0 Å². The van der Waals surface area contributed by atoms with Crippen LogP contribution in [0.1, 0.15) is 28.4 Å². The maximum Gasteiger partial charge on any atom is 0.335 e. The number of carbonyl (C=O) groups is 1. The average Bonchev–Trinajstić information content (AvgIpc) is 2.72. The summed E-state index contributed by atoms with van der Waals surface area (Å²) in [6.45, 7) is 2.95. The van der Waals surface area contributed by atoms with Gasteiger partial charge in [0.25, 0.3) is 0 Å². The molecule has 5 nitrogen and oxygen atoms in total. The quantitative estimate of drug-likeness (QED) is 0.555. The van der Waals surface area contributed by atoms with Crippen molar-refractivity contribution < 1.29 is 19.4 Å². The highest BCUT2D eigenvalue weighted by molar-refractivity contribution is 5.87. The van der Waals surface area contributed by atoms with E-state index in [-0.39, 0.29) is 5.56 Å². The molecule has 3 aromatic rings. The lowest BCUT2D eigenvalue weighted by atomic mass is 10.1. The Morgan fingerprint density at radius 2 is 1.71 bits per heavy atom. The van der Waals surface area contributed by atoms with Gasteiger partial charge in [-0.25, -0.2) is 4.79 Å². The van der Waals surface area contributed by atoms with Crippen molar-refractivity contribution in [3.63, 3.8) is 0 Å². The van der Waals surface area contributed by atoms with Crippen LogP contribution in [-0.4, -0.2) is 23.9 Å². The van der Waals surface area contributed by atoms with Crippen molar-refractivity contribution in [2.75, 3.05) is 6.61 Å². The molecule has 0 aromatic heterocycles. The Hall–Kier alpha value is -3.60. The van der Waals surface area contributed by atoms with Crippen molar-refractivity contribution in [2.24, 2.45) is 4.99 Å². The van der Waals surface area contributed by atoms with Crippen molar-refractivity contribution in [3.05, 3.63) is 89.5 Å². The smallest absolute Gasteiger partial charge is 0.335 e. The summed E-state index contributed by atoms with van der Waals surface area (Å²) < 4.78 is 11.2. The summed E-state index contributed by atoms with van der Waals surface area (Å²) in [5.74, 6) is 0.609. The number of nitrogens with zero attached hydrogens (tertiary/aromatic N) is 1. The van der Waals surface area contributed by atoms with Gasteiger partial charge in [0.15, 0.2) is 0 Å². The van der Waals surface area contributed by atoms with E-state index in [1.807, 2.05) is 55.5 Å². The van der Waals surface area contributed by atoms with Crippen molar-refractivity contribution in [1.29, 1.82) is 0 Å². The largest absolute Gasteiger partial charge is 0.494 e. The molecule has 1 N–H and O–H groups in total. The molecule has 5 heteroatoms. The number of rotatable bonds is 8. The summed E-state index contributed by atoms with van der Waals surface area (Å²) in [7, 11) is 0. The molecule has 0 heterocycles. The van der Waals surface area contributed by atoms with E-state index >= 15 is 0 Å². The Balaban J connectivity index is 1.60. The molecule has 0 saturated carbocycles. The third-order valence-electron chi connectivity index (χ3n) is 3.97. The van der Waals surface area contributed by atoms with E-state index in [0.29, 0.717) is 13.2 Å². The molecular formula is C23H21NO4. The Labute approximate surface area is 163 Å². The van der Waals surface area contributed by atoms with Crippen LogP contribution < -0.4 is 9.47 Å². The molecule has 28 heavy (non-hydrogen) atoms. The molecule has 0 aliphatic carbocycles. The summed E-state index contributed by atoms with van der Waals surface area (Å²) in [4.78, 5) is 15.4. The van der Waals surface area contributed by atoms with Gasteiger partial charge >= 0.3 is 5.97 Å². The summed E-state index contributed by atoms with van der Waals surface area (Å²) >= 11 is 0. The number of hydrogen-bond donors (Lipinski definition) is 1. The monoisotopic (exact) mass is 375 g/mol. The lowest BCUT2D eigenvalue weighted by Crippen LogP contribution is -1.99. The fourth-order valence-electron chi connectivity index (χ4n) is 2.54. The second kappa shape index (κ2) is 9.37. The summed E-state index contributed by atoms with van der Waals surface area (Å²) in [6.07, 6.45) is 1.78. The van der Waals surface area contributed by atoms with Crippen LogP contribution in [0.2, 0.25) is 0 Å². The predicted molar refractivity (Wildman–Crippen MR) is 109 cm³/mol. The molecule has 0 spiro atoms. The molecule has 0 saturated heterocycles. The number of aromatic carboxylic acids is 1. The van der Waals surface area contributed by atoms with Crippen LogP contribution >= 0.6 is 0 Å². The molecule has 0 atom stereocenters. The third-order valence-corrected chi connectivity index (χ3v) is 3.97. The van der Waals surface area contributed by atoms with Gasteiger partial charge in [0, 0.05) is 6.21 Å². The van der Waals surface area contributed by atoms with Crippen molar-refractivity contribution in [2.45, 2.75) is 13.5 Å². The van der Waals surface area contributed by atoms with Gasteiger partial charge in [0.2, 0.25) is 0 Å². The van der Waals surface area contributed by atoms with Crippen molar-refractivity contribution >= 4 is 17.9 Å². The molecule has 0 aliphatic rings. The lowest BCUT2D eigenvalue weighted by molar-refractivity contribution is 0.0697. The average molecular weight is 375 g/mol. The SMILES string of the molecule is CCOc1ccc(N=Cc2cccc(OCc3ccc(C(=O)O)cc3)c2)cc1. The van der Waals surface area contributed by atoms with E-state index in [1.165, 1.54) is 0 Å². The molecular weight excluding hydrogens is 354 g/mol. The molecule has 142 valence electrons. The normalized spacial score (nSPS) is 10.8. The van der Waals surface area contributed by atoms with Crippen LogP contribution in [0, 0.1) is 0 Å². The van der Waals surface area contributed by atoms with Crippen molar-refractivity contribution in [3.8, 4) is 11.5 Å². The molecule has 0 amide bonds. The van der Waals surface area contributed by atoms with Gasteiger partial charge in [-0.3, -0.25) is 4.99 Å². The molecule has 0 bridgehead atoms. The summed E-state index contributed by atoms with van der Waals surface area (Å²) in [5.41, 5.74) is 2.93. The molecule has 0 fully saturated rings. The molecule has 0 unspecified atom stereocenters. The van der Waals surface area contributed by atoms with Gasteiger partial charge in [-0.15, -0.1) is 0 Å². The fourth-order valence-corrected chi connectivity index (χ4v) is 2.54. The Kier molecular flexibility index (Phi) is 6.41. The first-order valence-electron chi connectivity index (χ1n) is 8.96. The first kappa shape index (κ1) is 19.2. The Morgan fingerprint density at radius 3 is 2.39 bits per heavy atom. The second-order valence-electron chi connectivity index (χ2n) is 6.05. The van der Waals surface area contributed by atoms with E-state index < -0.39 is 5.97 Å². The van der Waals surface area contributed by atoms with Gasteiger partial charge in [-0.05, 0) is 66.6 Å². The minimum Gasteiger partial charge on any atom is -0.494 e. The molecule has 3 rings (SSSR count). The van der Waals surface area contributed by atoms with E-state index in [9.17, 15) is 4.79 Å². The number of aliphatic imine (C=N–C) groups is 1. The van der Waals surface area contributed by atoms with E-state index in [1.54, 1.807) is 30.5 Å². The molecule has 0 radical (unpaired) electrons. The zero-order valence-electron chi connectivity index (χ0n) is 15.5. The van der Waals surface area contributed by atoms with E-state index in [0.717, 1.165) is 28.3 Å². The number of carboxylic acids is 1. The highest BCUT2D eigenvalue weighted by Crippen LogP contribution is 2.19. The van der Waals surface area contributed by atoms with Crippen molar-refractivity contribution in [1.82, 2.24) is 0 Å². The highest BCUT2D eigenvalue weighted by Gasteiger charge is 2.02. The number of benzene rings is 3. The molecule has 0 aliphatic heterocycles. The van der Waals surface area contributed by atoms with Gasteiger partial charge in [0.05, 0.1) is 17.9 Å². The zero-order chi connectivity index (χ0) is 19.8. The fraction of sp³-hybridized carbons (Fsp3) is 0.130. The van der Waals surface area contributed by atoms with Gasteiger partial charge < -0.3 is 14.6 Å². The lowest BCUT2D eigenvalue weighted by Gasteiger charge is -2.07. The first-order valence-corrected chi connectivity index (χ1v) is 8.96. The van der Waals surface area contributed by atoms with Crippen LogP contribution in [0.15, 0.2) is 77.8 Å². The van der Waals surface area contributed by atoms with Crippen LogP contribution in [-0.2, 0) is 6.61 Å². The van der Waals surface area contributed by atoms with Gasteiger partial charge in [-0.2, -0.15) is 0 Å². The van der Waals surface area contributed by atoms with Crippen LogP contribution in [0.4, 0.5) is 5.69 Å². The first-order chi connectivity index (χ1) is 13.6. The van der Waals surface area contributed by atoms with Crippen LogP contribution in [0.5, 0.6) is 11.5 Å². The maximum atomic E-state index is 10.9. The van der Waals surface area contributed by atoms with E-state index in [2.05, 4.69) is 4.99 Å². The number of hydrogen-bond acceptors (Lipinski definition) is 4. The van der Waals surface area contributed by atoms with Gasteiger partial charge in [0.1, 0.15) is 18.1 Å². The van der Waals surface area contributed by atoms with Crippen LogP contribution in [0.25, 0.3) is 0 Å². The Bertz CT molecular complexity index is 947. The predicted octanol–water partition coefficient (Wildman–Crippen LogP) is 5.11. The standard InChI is InChI=1S/C23H21NO4/c1-2-27-21-12-10-20(11-13-21)24-15-18-4-3-5-22(14-18)28-16-17-6-8-19(9-7-17)23(25)26/h3-15H,2,16H2,1H3,(H,25,26). The maximum absolute atomic E-state index is 10.9. The van der Waals surface area contributed by atoms with Gasteiger partial charge in [-0.1, -0.05) is 24.3 Å². The zero-order valence-corrected chi connectivity index (χ0v) is 15.5. The minimum absolute atomic E-state index is 0.260. The summed E-state index contributed by atoms with van der Waals surface area (Å²) in [6, 6.07) is 21.9. The highest BCUT2D eigenvalue weighted by atomic mass is 16.5. The number of ether oxygens (including phenoxy) is 2. The third kappa shape index (κ3) is 5.45. The van der Waals surface area contributed by atoms with E-state index in [4.69, 9.17) is 14.6 Å². The topological polar surface area (TPSA) is 68.1 Å². The minimum atomic E-state index is -0.938. The molecule has 3 aromatic carbocycles.